The number of thiophene rings is 1. The van der Waals surface area contributed by atoms with E-state index in [1.807, 2.05) is 11.4 Å². The van der Waals surface area contributed by atoms with Crippen molar-refractivity contribution in [3.63, 3.8) is 0 Å². The Kier molecular flexibility index (Phi) is 7.63. The van der Waals surface area contributed by atoms with Crippen LogP contribution in [0.3, 0.4) is 0 Å². The zero-order valence-corrected chi connectivity index (χ0v) is 18.8. The van der Waals surface area contributed by atoms with E-state index in [0.717, 1.165) is 31.8 Å². The lowest BCUT2D eigenvalue weighted by molar-refractivity contribution is -0.137. The van der Waals surface area contributed by atoms with Crippen molar-refractivity contribution in [3.8, 4) is 0 Å². The fourth-order valence-electron chi connectivity index (χ4n) is 3.20. The van der Waals surface area contributed by atoms with Gasteiger partial charge in [0.1, 0.15) is 0 Å². The Balaban J connectivity index is 1.49. The smallest absolute Gasteiger partial charge is 0.340 e. The number of hydrogen-bond donors (Lipinski definition) is 1. The van der Waals surface area contributed by atoms with Gasteiger partial charge >= 0.3 is 6.18 Å². The fraction of sp³-hybridized carbons (Fsp3) is 0.421. The molecule has 31 heavy (non-hydrogen) atoms. The summed E-state index contributed by atoms with van der Waals surface area (Å²) in [7, 11) is -4.21. The molecule has 1 aromatic carbocycles. The number of carbonyl (C=O) groups excluding carboxylic acids is 1. The summed E-state index contributed by atoms with van der Waals surface area (Å²) >= 11 is 7.21. The number of rotatable bonds is 7. The molecule has 1 amide bonds. The summed E-state index contributed by atoms with van der Waals surface area (Å²) in [6.45, 7) is 3.16. The minimum absolute atomic E-state index is 0.0795. The molecule has 0 saturated carbocycles. The summed E-state index contributed by atoms with van der Waals surface area (Å²) in [6.07, 6.45) is -4.85. The maximum absolute atomic E-state index is 13.0. The zero-order chi connectivity index (χ0) is 22.6. The summed E-state index contributed by atoms with van der Waals surface area (Å²) in [5.41, 5.74) is -1.23. The van der Waals surface area contributed by atoms with Gasteiger partial charge in [0.2, 0.25) is 15.9 Å². The highest BCUT2D eigenvalue weighted by atomic mass is 35.5. The maximum atomic E-state index is 13.0. The van der Waals surface area contributed by atoms with Gasteiger partial charge in [0.25, 0.3) is 0 Å². The first-order valence-corrected chi connectivity index (χ1v) is 12.2. The number of nitrogens with zero attached hydrogens (tertiary/aromatic N) is 2. The number of carbonyl (C=O) groups is 1. The monoisotopic (exact) mass is 495 g/mol. The number of sulfonamides is 1. The van der Waals surface area contributed by atoms with E-state index in [-0.39, 0.29) is 18.9 Å². The molecule has 2 heterocycles. The molecule has 2 aromatic rings. The first-order chi connectivity index (χ1) is 14.6. The van der Waals surface area contributed by atoms with Crippen molar-refractivity contribution in [1.29, 1.82) is 0 Å². The molecule has 1 aromatic heterocycles. The molecule has 170 valence electrons. The third kappa shape index (κ3) is 6.42. The Labute approximate surface area is 187 Å². The number of hydrogen-bond acceptors (Lipinski definition) is 5. The van der Waals surface area contributed by atoms with Crippen LogP contribution in [0, 0.1) is 0 Å². The molecule has 0 aliphatic carbocycles. The van der Waals surface area contributed by atoms with Gasteiger partial charge in [-0.1, -0.05) is 17.7 Å². The number of amides is 1. The summed E-state index contributed by atoms with van der Waals surface area (Å²) in [6, 6.07) is 6.43. The van der Waals surface area contributed by atoms with Gasteiger partial charge in [-0.3, -0.25) is 9.69 Å². The predicted octanol–water partition coefficient (Wildman–Crippen LogP) is 3.43. The summed E-state index contributed by atoms with van der Waals surface area (Å²) in [5.74, 6) is -0.203. The summed E-state index contributed by atoms with van der Waals surface area (Å²) < 4.78 is 65.7. The zero-order valence-electron chi connectivity index (χ0n) is 16.4. The Bertz CT molecular complexity index is 1010. The van der Waals surface area contributed by atoms with E-state index in [1.165, 1.54) is 4.88 Å². The largest absolute Gasteiger partial charge is 0.417 e. The quantitative estimate of drug-likeness (QED) is 0.639. The molecule has 1 saturated heterocycles. The molecular formula is C19H21ClF3N3O3S2. The molecule has 0 unspecified atom stereocenters. The number of halogens is 4. The van der Waals surface area contributed by atoms with E-state index in [4.69, 9.17) is 11.6 Å². The molecule has 0 bridgehead atoms. The van der Waals surface area contributed by atoms with Gasteiger partial charge < -0.3 is 4.90 Å². The van der Waals surface area contributed by atoms with Crippen molar-refractivity contribution in [3.05, 3.63) is 51.2 Å². The normalized spacial score (nSPS) is 15.9. The minimum Gasteiger partial charge on any atom is -0.340 e. The van der Waals surface area contributed by atoms with Crippen molar-refractivity contribution < 1.29 is 26.4 Å². The second kappa shape index (κ2) is 9.86. The van der Waals surface area contributed by atoms with Gasteiger partial charge in [0, 0.05) is 50.6 Å². The molecule has 12 heteroatoms. The molecule has 0 spiro atoms. The van der Waals surface area contributed by atoms with Crippen LogP contribution in [0.15, 0.2) is 40.6 Å². The van der Waals surface area contributed by atoms with Gasteiger partial charge in [-0.05, 0) is 29.6 Å². The Morgan fingerprint density at radius 3 is 2.48 bits per heavy atom. The van der Waals surface area contributed by atoms with E-state index in [9.17, 15) is 26.4 Å². The molecule has 0 radical (unpaired) electrons. The first kappa shape index (κ1) is 24.0. The van der Waals surface area contributed by atoms with Crippen molar-refractivity contribution in [1.82, 2.24) is 14.5 Å². The predicted molar refractivity (Wildman–Crippen MR) is 112 cm³/mol. The van der Waals surface area contributed by atoms with Crippen LogP contribution < -0.4 is 4.72 Å². The second-order valence-corrected chi connectivity index (χ2v) is 10.2. The molecule has 1 aliphatic rings. The molecule has 1 N–H and O–H groups in total. The van der Waals surface area contributed by atoms with E-state index in [0.29, 0.717) is 19.2 Å². The van der Waals surface area contributed by atoms with E-state index in [2.05, 4.69) is 15.7 Å². The molecular weight excluding hydrogens is 475 g/mol. The lowest BCUT2D eigenvalue weighted by Crippen LogP contribution is -2.48. The SMILES string of the molecule is O=C(CCNS(=O)(=O)c1ccc(Cl)c(C(F)(F)F)c1)N1CCN(Cc2cccs2)CC1. The van der Waals surface area contributed by atoms with Crippen LogP contribution >= 0.6 is 22.9 Å². The van der Waals surface area contributed by atoms with Crippen LogP contribution in [0.1, 0.15) is 16.9 Å². The molecule has 1 aliphatic heterocycles. The Hall–Kier alpha value is -1.66. The Morgan fingerprint density at radius 1 is 1.16 bits per heavy atom. The van der Waals surface area contributed by atoms with Crippen LogP contribution in [0.2, 0.25) is 5.02 Å². The van der Waals surface area contributed by atoms with Crippen molar-refractivity contribution >= 4 is 38.9 Å². The van der Waals surface area contributed by atoms with E-state index < -0.39 is 31.7 Å². The standard InChI is InChI=1S/C19H21ClF3N3O3S2/c20-17-4-3-15(12-16(17)19(21,22)23)31(28,29)24-6-5-18(27)26-9-7-25(8-10-26)13-14-2-1-11-30-14/h1-4,11-12,24H,5-10,13H2. The van der Waals surface area contributed by atoms with Crippen molar-refractivity contribution in [2.75, 3.05) is 32.7 Å². The third-order valence-electron chi connectivity index (χ3n) is 4.87. The van der Waals surface area contributed by atoms with E-state index in [1.54, 1.807) is 16.2 Å². The average Bonchev–Trinajstić information content (AvgIpc) is 3.20. The Morgan fingerprint density at radius 2 is 1.87 bits per heavy atom. The third-order valence-corrected chi connectivity index (χ3v) is 7.52. The van der Waals surface area contributed by atoms with Crippen LogP contribution in [-0.2, 0) is 27.5 Å². The lowest BCUT2D eigenvalue weighted by Gasteiger charge is -2.34. The minimum atomic E-state index is -4.77. The van der Waals surface area contributed by atoms with Gasteiger partial charge in [-0.2, -0.15) is 13.2 Å². The maximum Gasteiger partial charge on any atom is 0.417 e. The highest BCUT2D eigenvalue weighted by Crippen LogP contribution is 2.35. The highest BCUT2D eigenvalue weighted by molar-refractivity contribution is 7.89. The van der Waals surface area contributed by atoms with Gasteiger partial charge in [-0.25, -0.2) is 13.1 Å². The topological polar surface area (TPSA) is 69.7 Å². The second-order valence-electron chi connectivity index (χ2n) is 7.02. The number of nitrogens with one attached hydrogen (secondary N) is 1. The average molecular weight is 496 g/mol. The molecule has 1 fully saturated rings. The summed E-state index contributed by atoms with van der Waals surface area (Å²) in [4.78, 5) is 17.0. The fourth-order valence-corrected chi connectivity index (χ4v) is 5.23. The van der Waals surface area contributed by atoms with Gasteiger partial charge in [0.15, 0.2) is 0 Å². The highest BCUT2D eigenvalue weighted by Gasteiger charge is 2.34. The van der Waals surface area contributed by atoms with Crippen LogP contribution in [0.5, 0.6) is 0 Å². The molecule has 3 rings (SSSR count). The number of piperazine rings is 1. The lowest BCUT2D eigenvalue weighted by atomic mass is 10.2. The number of benzene rings is 1. The van der Waals surface area contributed by atoms with Crippen molar-refractivity contribution in [2.24, 2.45) is 0 Å². The first-order valence-electron chi connectivity index (χ1n) is 9.45. The number of alkyl halides is 3. The van der Waals surface area contributed by atoms with Gasteiger partial charge in [0.05, 0.1) is 15.5 Å². The van der Waals surface area contributed by atoms with Crippen LogP contribution in [0.25, 0.3) is 0 Å². The van der Waals surface area contributed by atoms with Crippen molar-refractivity contribution in [2.45, 2.75) is 24.0 Å². The summed E-state index contributed by atoms with van der Waals surface area (Å²) in [5, 5.41) is 1.43. The van der Waals surface area contributed by atoms with Crippen LogP contribution in [-0.4, -0.2) is 56.8 Å². The molecule has 0 atom stereocenters. The van der Waals surface area contributed by atoms with E-state index >= 15 is 0 Å². The molecule has 6 nitrogen and oxygen atoms in total. The van der Waals surface area contributed by atoms with Crippen LogP contribution in [0.4, 0.5) is 13.2 Å². The van der Waals surface area contributed by atoms with Gasteiger partial charge in [-0.15, -0.1) is 11.3 Å².